The highest BCUT2D eigenvalue weighted by atomic mass is 19.1. The molecule has 0 saturated carbocycles. The molecule has 0 aromatic heterocycles. The van der Waals surface area contributed by atoms with Crippen LogP contribution >= 0.6 is 0 Å². The molecule has 1 saturated heterocycles. The number of benzene rings is 1. The molecule has 3 rings (SSSR count). The van der Waals surface area contributed by atoms with E-state index in [4.69, 9.17) is 0 Å². The van der Waals surface area contributed by atoms with Crippen molar-refractivity contribution in [2.24, 2.45) is 5.92 Å². The highest BCUT2D eigenvalue weighted by Crippen LogP contribution is 2.40. The maximum Gasteiger partial charge on any atom is 0.128 e. The largest absolute Gasteiger partial charge is 0.305 e. The number of fused-ring (bicyclic) bond motifs is 1. The lowest BCUT2D eigenvalue weighted by Crippen LogP contribution is -2.35. The quantitative estimate of drug-likeness (QED) is 0.808. The van der Waals surface area contributed by atoms with Crippen molar-refractivity contribution in [2.45, 2.75) is 31.8 Å². The first kappa shape index (κ1) is 13.1. The number of halogens is 1. The maximum atomic E-state index is 14.1. The van der Waals surface area contributed by atoms with Gasteiger partial charge in [-0.15, -0.1) is 0 Å². The van der Waals surface area contributed by atoms with E-state index in [1.54, 1.807) is 6.07 Å². The van der Waals surface area contributed by atoms with E-state index in [0.29, 0.717) is 18.0 Å². The minimum atomic E-state index is -0.0130. The fourth-order valence-electron chi connectivity index (χ4n) is 3.89. The predicted molar refractivity (Wildman–Crippen MR) is 75.7 cm³/mol. The van der Waals surface area contributed by atoms with Crippen molar-refractivity contribution in [1.29, 1.82) is 0 Å². The lowest BCUT2D eigenvalue weighted by Gasteiger charge is -2.26. The van der Waals surface area contributed by atoms with Gasteiger partial charge in [0.2, 0.25) is 0 Å². The average molecular weight is 262 g/mol. The van der Waals surface area contributed by atoms with Crippen molar-refractivity contribution in [2.75, 3.05) is 27.2 Å². The van der Waals surface area contributed by atoms with Gasteiger partial charge in [-0.1, -0.05) is 19.1 Å². The Kier molecular flexibility index (Phi) is 3.35. The van der Waals surface area contributed by atoms with Gasteiger partial charge in [-0.05, 0) is 44.5 Å². The smallest absolute Gasteiger partial charge is 0.128 e. The van der Waals surface area contributed by atoms with Crippen molar-refractivity contribution in [3.05, 3.63) is 35.1 Å². The Labute approximate surface area is 115 Å². The second kappa shape index (κ2) is 4.88. The van der Waals surface area contributed by atoms with Crippen LogP contribution in [0.2, 0.25) is 0 Å². The molecule has 1 aromatic rings. The third-order valence-corrected chi connectivity index (χ3v) is 4.87. The Hall–Kier alpha value is -0.930. The SMILES string of the molecule is C[C@@H]1CN(C2CCc3cccc(F)c32)C[C@H]1N(C)C. The summed E-state index contributed by atoms with van der Waals surface area (Å²) in [6.45, 7) is 4.45. The van der Waals surface area contributed by atoms with E-state index in [-0.39, 0.29) is 5.82 Å². The number of hydrogen-bond donors (Lipinski definition) is 0. The monoisotopic (exact) mass is 262 g/mol. The van der Waals surface area contributed by atoms with Gasteiger partial charge >= 0.3 is 0 Å². The molecule has 104 valence electrons. The minimum absolute atomic E-state index is 0.0130. The van der Waals surface area contributed by atoms with Crippen LogP contribution in [0.3, 0.4) is 0 Å². The maximum absolute atomic E-state index is 14.1. The first-order valence-corrected chi connectivity index (χ1v) is 7.25. The van der Waals surface area contributed by atoms with Crippen LogP contribution in [0.4, 0.5) is 4.39 Å². The Morgan fingerprint density at radius 2 is 2.05 bits per heavy atom. The number of rotatable bonds is 2. The minimum Gasteiger partial charge on any atom is -0.305 e. The molecule has 1 aromatic carbocycles. The van der Waals surface area contributed by atoms with Crippen LogP contribution in [0.15, 0.2) is 18.2 Å². The van der Waals surface area contributed by atoms with Crippen molar-refractivity contribution in [3.8, 4) is 0 Å². The van der Waals surface area contributed by atoms with E-state index in [9.17, 15) is 4.39 Å². The molecule has 0 N–H and O–H groups in total. The zero-order chi connectivity index (χ0) is 13.6. The molecular formula is C16H23FN2. The van der Waals surface area contributed by atoms with Gasteiger partial charge in [0.25, 0.3) is 0 Å². The molecule has 0 amide bonds. The van der Waals surface area contributed by atoms with E-state index in [1.807, 2.05) is 6.07 Å². The van der Waals surface area contributed by atoms with E-state index in [1.165, 1.54) is 5.56 Å². The highest BCUT2D eigenvalue weighted by molar-refractivity contribution is 5.36. The van der Waals surface area contributed by atoms with Gasteiger partial charge in [0.1, 0.15) is 5.82 Å². The zero-order valence-corrected chi connectivity index (χ0v) is 12.1. The first-order valence-electron chi connectivity index (χ1n) is 7.25. The van der Waals surface area contributed by atoms with E-state index in [2.05, 4.69) is 36.9 Å². The van der Waals surface area contributed by atoms with Crippen molar-refractivity contribution < 1.29 is 4.39 Å². The summed E-state index contributed by atoms with van der Waals surface area (Å²) < 4.78 is 14.1. The molecular weight excluding hydrogens is 239 g/mol. The fraction of sp³-hybridized carbons (Fsp3) is 0.625. The van der Waals surface area contributed by atoms with Crippen molar-refractivity contribution >= 4 is 0 Å². The lowest BCUT2D eigenvalue weighted by atomic mass is 10.1. The summed E-state index contributed by atoms with van der Waals surface area (Å²) in [6, 6.07) is 6.42. The number of likely N-dealkylation sites (tertiary alicyclic amines) is 1. The molecule has 1 aliphatic heterocycles. The second-order valence-corrected chi connectivity index (χ2v) is 6.33. The summed E-state index contributed by atoms with van der Waals surface area (Å²) in [7, 11) is 4.29. The lowest BCUT2D eigenvalue weighted by molar-refractivity contribution is 0.213. The molecule has 2 aliphatic rings. The first-order chi connectivity index (χ1) is 9.08. The highest BCUT2D eigenvalue weighted by Gasteiger charge is 2.38. The fourth-order valence-corrected chi connectivity index (χ4v) is 3.89. The molecule has 1 unspecified atom stereocenters. The Balaban J connectivity index is 1.84. The van der Waals surface area contributed by atoms with Gasteiger partial charge in [-0.2, -0.15) is 0 Å². The van der Waals surface area contributed by atoms with E-state index < -0.39 is 0 Å². The average Bonchev–Trinajstić information content (AvgIpc) is 2.93. The van der Waals surface area contributed by atoms with Gasteiger partial charge in [-0.25, -0.2) is 4.39 Å². The summed E-state index contributed by atoms with van der Waals surface area (Å²) >= 11 is 0. The van der Waals surface area contributed by atoms with E-state index in [0.717, 1.165) is 31.5 Å². The van der Waals surface area contributed by atoms with Crippen LogP contribution in [0, 0.1) is 11.7 Å². The predicted octanol–water partition coefficient (Wildman–Crippen LogP) is 2.69. The summed E-state index contributed by atoms with van der Waals surface area (Å²) in [4.78, 5) is 4.80. The second-order valence-electron chi connectivity index (χ2n) is 6.33. The number of aryl methyl sites for hydroxylation is 1. The van der Waals surface area contributed by atoms with Crippen LogP contribution in [-0.2, 0) is 6.42 Å². The number of likely N-dealkylation sites (N-methyl/N-ethyl adjacent to an activating group) is 1. The molecule has 2 nitrogen and oxygen atoms in total. The summed E-state index contributed by atoms with van der Waals surface area (Å²) in [6.07, 6.45) is 2.10. The molecule has 1 fully saturated rings. The third-order valence-electron chi connectivity index (χ3n) is 4.87. The standard InChI is InChI=1S/C16H23FN2/c1-11-9-19(10-15(11)18(2)3)14-8-7-12-5-4-6-13(17)16(12)14/h4-6,11,14-15H,7-10H2,1-3H3/t11-,14?,15-/m1/s1. The van der Waals surface area contributed by atoms with Gasteiger partial charge in [0, 0.05) is 30.7 Å². The summed E-state index contributed by atoms with van der Waals surface area (Å²) in [5, 5.41) is 0. The van der Waals surface area contributed by atoms with Crippen LogP contribution in [-0.4, -0.2) is 43.0 Å². The molecule has 3 atom stereocenters. The van der Waals surface area contributed by atoms with Crippen LogP contribution in [0.1, 0.15) is 30.5 Å². The molecule has 0 bridgehead atoms. The van der Waals surface area contributed by atoms with Crippen molar-refractivity contribution in [3.63, 3.8) is 0 Å². The summed E-state index contributed by atoms with van der Waals surface area (Å²) in [5.74, 6) is 0.645. The van der Waals surface area contributed by atoms with Crippen LogP contribution in [0.25, 0.3) is 0 Å². The summed E-state index contributed by atoms with van der Waals surface area (Å²) in [5.41, 5.74) is 2.18. The van der Waals surface area contributed by atoms with Gasteiger partial charge in [-0.3, -0.25) is 4.90 Å². The zero-order valence-electron chi connectivity index (χ0n) is 12.1. The van der Waals surface area contributed by atoms with Crippen LogP contribution in [0.5, 0.6) is 0 Å². The topological polar surface area (TPSA) is 6.48 Å². The Morgan fingerprint density at radius 1 is 1.26 bits per heavy atom. The normalized spacial score (nSPS) is 31.1. The number of hydrogen-bond acceptors (Lipinski definition) is 2. The Bertz CT molecular complexity index is 472. The Morgan fingerprint density at radius 3 is 2.74 bits per heavy atom. The molecule has 1 aliphatic carbocycles. The van der Waals surface area contributed by atoms with Gasteiger partial charge < -0.3 is 4.90 Å². The molecule has 0 spiro atoms. The van der Waals surface area contributed by atoms with Crippen LogP contribution < -0.4 is 0 Å². The van der Waals surface area contributed by atoms with E-state index >= 15 is 0 Å². The van der Waals surface area contributed by atoms with Gasteiger partial charge in [0.05, 0.1) is 0 Å². The molecule has 0 radical (unpaired) electrons. The van der Waals surface area contributed by atoms with Crippen molar-refractivity contribution in [1.82, 2.24) is 9.80 Å². The molecule has 3 heteroatoms. The third kappa shape index (κ3) is 2.19. The molecule has 19 heavy (non-hydrogen) atoms. The molecule has 1 heterocycles. The van der Waals surface area contributed by atoms with Gasteiger partial charge in [0.15, 0.2) is 0 Å². The number of nitrogens with zero attached hydrogens (tertiary/aromatic N) is 2.